The van der Waals surface area contributed by atoms with E-state index < -0.39 is 0 Å². The lowest BCUT2D eigenvalue weighted by atomic mass is 10.1. The van der Waals surface area contributed by atoms with E-state index in [1.54, 1.807) is 23.1 Å². The Bertz CT molecular complexity index is 1100. The summed E-state index contributed by atoms with van der Waals surface area (Å²) in [5.41, 5.74) is 1.94. The summed E-state index contributed by atoms with van der Waals surface area (Å²) in [6.45, 7) is 6.43. The van der Waals surface area contributed by atoms with Crippen molar-refractivity contribution in [1.82, 2.24) is 14.9 Å². The van der Waals surface area contributed by atoms with E-state index in [9.17, 15) is 9.59 Å². The molecule has 3 heterocycles. The second-order valence-electron chi connectivity index (χ2n) is 6.69. The number of H-pyrrole nitrogens is 1. The molecule has 1 fully saturated rings. The molecule has 2 amide bonds. The van der Waals surface area contributed by atoms with Gasteiger partial charge in [-0.3, -0.25) is 4.79 Å². The highest BCUT2D eigenvalue weighted by molar-refractivity contribution is 7.16. The van der Waals surface area contributed by atoms with Crippen molar-refractivity contribution in [1.29, 1.82) is 0 Å². The minimum atomic E-state index is -0.186. The van der Waals surface area contributed by atoms with Gasteiger partial charge in [0.05, 0.1) is 30.8 Å². The smallest absolute Gasteiger partial charge is 0.321 e. The summed E-state index contributed by atoms with van der Waals surface area (Å²) in [7, 11) is 0. The van der Waals surface area contributed by atoms with Crippen LogP contribution in [0.3, 0.4) is 0 Å². The van der Waals surface area contributed by atoms with Gasteiger partial charge in [0, 0.05) is 18.8 Å². The molecule has 9 heteroatoms. The lowest BCUT2D eigenvalue weighted by molar-refractivity contribution is 0.0564. The number of aromatic nitrogens is 2. The van der Waals surface area contributed by atoms with Crippen LogP contribution in [0.2, 0.25) is 0 Å². The van der Waals surface area contributed by atoms with Crippen LogP contribution in [0.4, 0.5) is 10.5 Å². The zero-order valence-electron chi connectivity index (χ0n) is 16.3. The van der Waals surface area contributed by atoms with Crippen molar-refractivity contribution in [2.75, 3.05) is 38.2 Å². The minimum Gasteiger partial charge on any atom is -0.493 e. The molecule has 0 bridgehead atoms. The standard InChI is InChI=1S/C20H22N4O4S/c1-3-28-15-5-4-13(21-20(26)24-6-8-27-9-7-24)10-14(15)17-22-18(25)16-12(2)11-29-19(16)23-17/h4-5,10-11H,3,6-9H2,1-2H3,(H,21,26)(H,22,23,25). The number of urea groups is 1. The highest BCUT2D eigenvalue weighted by atomic mass is 32.1. The van der Waals surface area contributed by atoms with Crippen molar-refractivity contribution in [3.8, 4) is 17.1 Å². The third-order valence-electron chi connectivity index (χ3n) is 4.71. The minimum absolute atomic E-state index is 0.186. The molecule has 1 aliphatic heterocycles. The average molecular weight is 414 g/mol. The third kappa shape index (κ3) is 3.96. The van der Waals surface area contributed by atoms with Gasteiger partial charge >= 0.3 is 6.03 Å². The predicted molar refractivity (Wildman–Crippen MR) is 113 cm³/mol. The number of ether oxygens (including phenoxy) is 2. The van der Waals surface area contributed by atoms with Gasteiger partial charge in [0.1, 0.15) is 16.4 Å². The lowest BCUT2D eigenvalue weighted by Gasteiger charge is -2.27. The molecule has 0 atom stereocenters. The van der Waals surface area contributed by atoms with Crippen LogP contribution in [0.25, 0.3) is 21.6 Å². The Hall–Kier alpha value is -2.91. The summed E-state index contributed by atoms with van der Waals surface area (Å²) in [4.78, 5) is 35.0. The summed E-state index contributed by atoms with van der Waals surface area (Å²) in [6, 6.07) is 5.14. The van der Waals surface area contributed by atoms with E-state index in [0.29, 0.717) is 66.0 Å². The highest BCUT2D eigenvalue weighted by Crippen LogP contribution is 2.32. The molecule has 4 rings (SSSR count). The molecule has 8 nitrogen and oxygen atoms in total. The molecule has 152 valence electrons. The van der Waals surface area contributed by atoms with Crippen LogP contribution in [0.15, 0.2) is 28.4 Å². The molecule has 0 aliphatic carbocycles. The number of aryl methyl sites for hydroxylation is 1. The van der Waals surface area contributed by atoms with Gasteiger partial charge in [-0.1, -0.05) is 0 Å². The van der Waals surface area contributed by atoms with Gasteiger partial charge in [0.2, 0.25) is 0 Å². The Morgan fingerprint density at radius 1 is 1.38 bits per heavy atom. The lowest BCUT2D eigenvalue weighted by Crippen LogP contribution is -2.43. The number of thiophene rings is 1. The molecule has 0 radical (unpaired) electrons. The van der Waals surface area contributed by atoms with E-state index in [4.69, 9.17) is 9.47 Å². The van der Waals surface area contributed by atoms with Gasteiger partial charge in [-0.25, -0.2) is 9.78 Å². The Labute approximate surface area is 171 Å². The molecule has 0 unspecified atom stereocenters. The summed E-state index contributed by atoms with van der Waals surface area (Å²) in [6.07, 6.45) is 0. The number of hydrogen-bond acceptors (Lipinski definition) is 6. The van der Waals surface area contributed by atoms with Crippen molar-refractivity contribution in [2.24, 2.45) is 0 Å². The summed E-state index contributed by atoms with van der Waals surface area (Å²) in [5.74, 6) is 1.00. The van der Waals surface area contributed by atoms with Crippen molar-refractivity contribution in [3.63, 3.8) is 0 Å². The number of nitrogens with one attached hydrogen (secondary N) is 2. The summed E-state index contributed by atoms with van der Waals surface area (Å²) < 4.78 is 11.0. The van der Waals surface area contributed by atoms with E-state index in [0.717, 1.165) is 5.56 Å². The maximum Gasteiger partial charge on any atom is 0.321 e. The van der Waals surface area contributed by atoms with Crippen LogP contribution < -0.4 is 15.6 Å². The first-order valence-corrected chi connectivity index (χ1v) is 10.3. The molecule has 3 aromatic rings. The number of hydrogen-bond donors (Lipinski definition) is 2. The fraction of sp³-hybridized carbons (Fsp3) is 0.350. The number of rotatable bonds is 4. The largest absolute Gasteiger partial charge is 0.493 e. The van der Waals surface area contributed by atoms with E-state index in [-0.39, 0.29) is 11.6 Å². The second kappa shape index (κ2) is 8.22. The van der Waals surface area contributed by atoms with E-state index in [1.807, 2.05) is 19.2 Å². The molecule has 1 aliphatic rings. The monoisotopic (exact) mass is 414 g/mol. The van der Waals surface area contributed by atoms with E-state index in [1.165, 1.54) is 11.3 Å². The van der Waals surface area contributed by atoms with Crippen LogP contribution in [0.1, 0.15) is 12.5 Å². The van der Waals surface area contributed by atoms with Crippen molar-refractivity contribution in [3.05, 3.63) is 39.5 Å². The van der Waals surface area contributed by atoms with Gasteiger partial charge in [0.25, 0.3) is 5.56 Å². The van der Waals surface area contributed by atoms with E-state index in [2.05, 4.69) is 15.3 Å². The van der Waals surface area contributed by atoms with Gasteiger partial charge in [-0.05, 0) is 43.0 Å². The number of amides is 2. The number of carbonyl (C=O) groups excluding carboxylic acids is 1. The van der Waals surface area contributed by atoms with Crippen molar-refractivity contribution in [2.45, 2.75) is 13.8 Å². The molecular weight excluding hydrogens is 392 g/mol. The first-order valence-electron chi connectivity index (χ1n) is 9.46. The molecule has 1 aromatic carbocycles. The number of nitrogens with zero attached hydrogens (tertiary/aromatic N) is 2. The highest BCUT2D eigenvalue weighted by Gasteiger charge is 2.19. The summed E-state index contributed by atoms with van der Waals surface area (Å²) >= 11 is 1.43. The number of morpholine rings is 1. The van der Waals surface area contributed by atoms with Crippen LogP contribution in [0.5, 0.6) is 5.75 Å². The molecule has 29 heavy (non-hydrogen) atoms. The third-order valence-corrected chi connectivity index (χ3v) is 5.70. The van der Waals surface area contributed by atoms with Gasteiger partial charge < -0.3 is 24.7 Å². The predicted octanol–water partition coefficient (Wildman–Crippen LogP) is 3.22. The average Bonchev–Trinajstić information content (AvgIpc) is 3.11. The topological polar surface area (TPSA) is 96.5 Å². The van der Waals surface area contributed by atoms with Gasteiger partial charge in [0.15, 0.2) is 0 Å². The van der Waals surface area contributed by atoms with Crippen molar-refractivity contribution >= 4 is 33.3 Å². The molecular formula is C20H22N4O4S. The van der Waals surface area contributed by atoms with Crippen molar-refractivity contribution < 1.29 is 14.3 Å². The quantitative estimate of drug-likeness (QED) is 0.683. The molecule has 2 aromatic heterocycles. The molecule has 2 N–H and O–H groups in total. The molecule has 1 saturated heterocycles. The first-order chi connectivity index (χ1) is 14.1. The Morgan fingerprint density at radius 2 is 2.17 bits per heavy atom. The first kappa shape index (κ1) is 19.4. The maximum atomic E-state index is 12.6. The number of fused-ring (bicyclic) bond motifs is 1. The Kier molecular flexibility index (Phi) is 5.50. The number of anilines is 1. The molecule has 0 saturated carbocycles. The van der Waals surface area contributed by atoms with Crippen LogP contribution in [0, 0.1) is 6.92 Å². The number of aromatic amines is 1. The maximum absolute atomic E-state index is 12.6. The number of carbonyl (C=O) groups is 1. The Morgan fingerprint density at radius 3 is 2.93 bits per heavy atom. The zero-order chi connectivity index (χ0) is 20.4. The summed E-state index contributed by atoms with van der Waals surface area (Å²) in [5, 5.41) is 5.43. The Balaban J connectivity index is 1.70. The normalized spacial score (nSPS) is 14.2. The van der Waals surface area contributed by atoms with Crippen LogP contribution in [-0.4, -0.2) is 53.8 Å². The van der Waals surface area contributed by atoms with Gasteiger partial charge in [-0.2, -0.15) is 0 Å². The van der Waals surface area contributed by atoms with Crippen LogP contribution in [-0.2, 0) is 4.74 Å². The fourth-order valence-corrected chi connectivity index (χ4v) is 4.18. The fourth-order valence-electron chi connectivity index (χ4n) is 3.26. The second-order valence-corrected chi connectivity index (χ2v) is 7.55. The number of benzene rings is 1. The van der Waals surface area contributed by atoms with E-state index >= 15 is 0 Å². The SMILES string of the molecule is CCOc1ccc(NC(=O)N2CCOCC2)cc1-c1nc2scc(C)c2c(=O)[nH]1. The zero-order valence-corrected chi connectivity index (χ0v) is 17.1. The van der Waals surface area contributed by atoms with Gasteiger partial charge in [-0.15, -0.1) is 11.3 Å². The van der Waals surface area contributed by atoms with Crippen LogP contribution >= 0.6 is 11.3 Å². The molecule has 0 spiro atoms.